The second kappa shape index (κ2) is 6.53. The lowest BCUT2D eigenvalue weighted by Gasteiger charge is -2.07. The van der Waals surface area contributed by atoms with Crippen LogP contribution in [0.3, 0.4) is 0 Å². The molecule has 0 fully saturated rings. The van der Waals surface area contributed by atoms with Crippen LogP contribution in [-0.2, 0) is 0 Å². The van der Waals surface area contributed by atoms with Crippen molar-refractivity contribution in [2.24, 2.45) is 5.10 Å². The summed E-state index contributed by atoms with van der Waals surface area (Å²) in [7, 11) is 0. The Balaban J connectivity index is 1.70. The molecule has 1 heterocycles. The average Bonchev–Trinajstić information content (AvgIpc) is 2.64. The Bertz CT molecular complexity index is 1100. The van der Waals surface area contributed by atoms with E-state index < -0.39 is 0 Å². The molecule has 4 nitrogen and oxygen atoms in total. The van der Waals surface area contributed by atoms with Crippen LogP contribution < -0.4 is 5.43 Å². The number of aromatic nitrogens is 1. The molecule has 4 rings (SSSR count). The highest BCUT2D eigenvalue weighted by atomic mass is 79.9. The van der Waals surface area contributed by atoms with Crippen molar-refractivity contribution in [2.45, 2.75) is 0 Å². The Hall–Kier alpha value is -2.92. The number of rotatable bonds is 3. The van der Waals surface area contributed by atoms with E-state index in [0.717, 1.165) is 31.8 Å². The second-order valence-electron chi connectivity index (χ2n) is 5.61. The second-order valence-corrected chi connectivity index (χ2v) is 6.53. The molecule has 1 aromatic heterocycles. The molecule has 0 amide bonds. The van der Waals surface area contributed by atoms with E-state index in [2.05, 4.69) is 31.4 Å². The number of anilines is 1. The van der Waals surface area contributed by atoms with Crippen LogP contribution in [0.15, 0.2) is 76.4 Å². The van der Waals surface area contributed by atoms with Crippen molar-refractivity contribution in [1.29, 1.82) is 0 Å². The van der Waals surface area contributed by atoms with Gasteiger partial charge in [0.25, 0.3) is 0 Å². The largest absolute Gasteiger partial charge is 0.507 e. The van der Waals surface area contributed by atoms with Crippen LogP contribution in [-0.4, -0.2) is 16.3 Å². The zero-order chi connectivity index (χ0) is 17.2. The molecule has 0 atom stereocenters. The Labute approximate surface area is 153 Å². The molecule has 0 aliphatic carbocycles. The van der Waals surface area contributed by atoms with E-state index in [4.69, 9.17) is 0 Å². The minimum absolute atomic E-state index is 0.191. The van der Waals surface area contributed by atoms with Crippen molar-refractivity contribution < 1.29 is 5.11 Å². The van der Waals surface area contributed by atoms with Crippen LogP contribution in [0.25, 0.3) is 21.7 Å². The van der Waals surface area contributed by atoms with Gasteiger partial charge in [-0.25, -0.2) is 0 Å². The molecule has 122 valence electrons. The minimum Gasteiger partial charge on any atom is -0.507 e. The summed E-state index contributed by atoms with van der Waals surface area (Å²) >= 11 is 3.47. The van der Waals surface area contributed by atoms with Crippen molar-refractivity contribution >= 4 is 49.5 Å². The van der Waals surface area contributed by atoms with Crippen LogP contribution in [0, 0.1) is 0 Å². The van der Waals surface area contributed by atoms with Gasteiger partial charge in [-0.15, -0.1) is 0 Å². The first-order valence-corrected chi connectivity index (χ1v) is 8.56. The highest BCUT2D eigenvalue weighted by Gasteiger charge is 2.06. The van der Waals surface area contributed by atoms with E-state index in [-0.39, 0.29) is 5.75 Å². The molecule has 2 N–H and O–H groups in total. The Kier molecular flexibility index (Phi) is 4.07. The van der Waals surface area contributed by atoms with Gasteiger partial charge in [-0.2, -0.15) is 5.10 Å². The maximum absolute atomic E-state index is 10.2. The smallest absolute Gasteiger partial charge is 0.125 e. The van der Waals surface area contributed by atoms with Crippen molar-refractivity contribution in [1.82, 2.24) is 4.98 Å². The highest BCUT2D eigenvalue weighted by Crippen LogP contribution is 2.28. The van der Waals surface area contributed by atoms with Gasteiger partial charge in [-0.05, 0) is 41.1 Å². The zero-order valence-electron chi connectivity index (χ0n) is 13.1. The zero-order valence-corrected chi connectivity index (χ0v) is 14.7. The monoisotopic (exact) mass is 391 g/mol. The van der Waals surface area contributed by atoms with Crippen LogP contribution in [0.1, 0.15) is 5.56 Å². The molecule has 0 unspecified atom stereocenters. The molecule has 0 saturated heterocycles. The number of pyridine rings is 1. The van der Waals surface area contributed by atoms with Crippen LogP contribution in [0.4, 0.5) is 5.69 Å². The Morgan fingerprint density at radius 1 is 1.00 bits per heavy atom. The van der Waals surface area contributed by atoms with Gasteiger partial charge >= 0.3 is 0 Å². The average molecular weight is 392 g/mol. The third-order valence-corrected chi connectivity index (χ3v) is 4.51. The summed E-state index contributed by atoms with van der Waals surface area (Å²) in [5.74, 6) is 0.191. The fraction of sp³-hybridized carbons (Fsp3) is 0. The summed E-state index contributed by atoms with van der Waals surface area (Å²) in [6.07, 6.45) is 3.39. The Morgan fingerprint density at radius 2 is 1.88 bits per heavy atom. The lowest BCUT2D eigenvalue weighted by molar-refractivity contribution is 0.475. The number of benzene rings is 3. The van der Waals surface area contributed by atoms with Crippen LogP contribution in [0.5, 0.6) is 5.75 Å². The molecule has 0 bridgehead atoms. The number of phenols is 1. The standard InChI is InChI=1S/C20H14BrN3O/c21-15-7-8-16-14(11-15)6-9-19(25)17(16)12-23-24-18-5-1-3-13-4-2-10-22-20(13)18/h1-12,24-25H. The fourth-order valence-corrected chi connectivity index (χ4v) is 3.19. The number of nitrogens with zero attached hydrogens (tertiary/aromatic N) is 2. The molecule has 0 radical (unpaired) electrons. The molecule has 3 aromatic carbocycles. The third-order valence-electron chi connectivity index (χ3n) is 4.01. The van der Waals surface area contributed by atoms with Crippen molar-refractivity contribution in [2.75, 3.05) is 5.43 Å². The number of nitrogens with one attached hydrogen (secondary N) is 1. The number of halogens is 1. The maximum Gasteiger partial charge on any atom is 0.125 e. The molecule has 0 aliphatic rings. The first-order chi connectivity index (χ1) is 12.2. The Morgan fingerprint density at radius 3 is 2.80 bits per heavy atom. The molecule has 25 heavy (non-hydrogen) atoms. The number of hydrazone groups is 1. The van der Waals surface area contributed by atoms with Crippen LogP contribution in [0.2, 0.25) is 0 Å². The maximum atomic E-state index is 10.2. The van der Waals surface area contributed by atoms with Crippen molar-refractivity contribution in [3.8, 4) is 5.75 Å². The van der Waals surface area contributed by atoms with Crippen LogP contribution >= 0.6 is 15.9 Å². The number of fused-ring (bicyclic) bond motifs is 2. The van der Waals surface area contributed by atoms with E-state index in [1.54, 1.807) is 18.5 Å². The van der Waals surface area contributed by atoms with E-state index >= 15 is 0 Å². The molecule has 0 saturated carbocycles. The predicted octanol–water partition coefficient (Wildman–Crippen LogP) is 5.30. The van der Waals surface area contributed by atoms with E-state index in [9.17, 15) is 5.11 Å². The number of aromatic hydroxyl groups is 1. The lowest BCUT2D eigenvalue weighted by atomic mass is 10.0. The van der Waals surface area contributed by atoms with Gasteiger partial charge in [0.05, 0.1) is 17.4 Å². The predicted molar refractivity (Wildman–Crippen MR) is 106 cm³/mol. The van der Waals surface area contributed by atoms with Gasteiger partial charge in [0, 0.05) is 21.6 Å². The summed E-state index contributed by atoms with van der Waals surface area (Å²) in [5, 5.41) is 17.5. The molecule has 5 heteroatoms. The number of phenolic OH excluding ortho intramolecular Hbond substituents is 1. The number of hydrogen-bond donors (Lipinski definition) is 2. The van der Waals surface area contributed by atoms with E-state index in [0.29, 0.717) is 5.56 Å². The summed E-state index contributed by atoms with van der Waals surface area (Å²) in [6, 6.07) is 19.3. The van der Waals surface area contributed by atoms with E-state index in [1.165, 1.54) is 0 Å². The summed E-state index contributed by atoms with van der Waals surface area (Å²) < 4.78 is 0.994. The van der Waals surface area contributed by atoms with E-state index in [1.807, 2.05) is 54.6 Å². The topological polar surface area (TPSA) is 57.5 Å². The summed E-state index contributed by atoms with van der Waals surface area (Å²) in [4.78, 5) is 4.39. The normalized spacial score (nSPS) is 11.4. The fourth-order valence-electron chi connectivity index (χ4n) is 2.81. The van der Waals surface area contributed by atoms with Crippen molar-refractivity contribution in [3.63, 3.8) is 0 Å². The number of hydrogen-bond acceptors (Lipinski definition) is 4. The first-order valence-electron chi connectivity index (χ1n) is 7.76. The third kappa shape index (κ3) is 3.06. The van der Waals surface area contributed by atoms with Gasteiger partial charge < -0.3 is 5.11 Å². The van der Waals surface area contributed by atoms with Crippen molar-refractivity contribution in [3.05, 3.63) is 76.9 Å². The van der Waals surface area contributed by atoms with Gasteiger partial charge in [0.2, 0.25) is 0 Å². The molecule has 4 aromatic rings. The molecular formula is C20H14BrN3O. The van der Waals surface area contributed by atoms with Gasteiger partial charge in [0.1, 0.15) is 5.75 Å². The van der Waals surface area contributed by atoms with Gasteiger partial charge in [-0.3, -0.25) is 10.4 Å². The SMILES string of the molecule is Oc1ccc2cc(Br)ccc2c1C=NNc1cccc2cccnc12. The number of para-hydroxylation sites is 1. The lowest BCUT2D eigenvalue weighted by Crippen LogP contribution is -1.94. The quantitative estimate of drug-likeness (QED) is 0.367. The molecule has 0 spiro atoms. The first kappa shape index (κ1) is 15.6. The highest BCUT2D eigenvalue weighted by molar-refractivity contribution is 9.10. The summed E-state index contributed by atoms with van der Waals surface area (Å²) in [6.45, 7) is 0. The minimum atomic E-state index is 0.191. The summed E-state index contributed by atoms with van der Waals surface area (Å²) in [5.41, 5.74) is 5.37. The molecular weight excluding hydrogens is 378 g/mol. The van der Waals surface area contributed by atoms with Gasteiger partial charge in [0.15, 0.2) is 0 Å². The van der Waals surface area contributed by atoms with Gasteiger partial charge in [-0.1, -0.05) is 46.3 Å². The molecule has 0 aliphatic heterocycles.